The topological polar surface area (TPSA) is 78.9 Å². The summed E-state index contributed by atoms with van der Waals surface area (Å²) in [5.74, 6) is 0.643. The van der Waals surface area contributed by atoms with Gasteiger partial charge in [0.25, 0.3) is 0 Å². The molecule has 0 saturated heterocycles. The van der Waals surface area contributed by atoms with Gasteiger partial charge in [-0.1, -0.05) is 163 Å². The van der Waals surface area contributed by atoms with Crippen molar-refractivity contribution in [1.82, 2.24) is 0 Å². The van der Waals surface area contributed by atoms with Crippen LogP contribution < -0.4 is 0 Å². The summed E-state index contributed by atoms with van der Waals surface area (Å²) < 4.78 is 16.5. The minimum absolute atomic E-state index is 0.0679. The zero-order valence-corrected chi connectivity index (χ0v) is 30.5. The van der Waals surface area contributed by atoms with Crippen molar-refractivity contribution in [3.05, 3.63) is 0 Å². The third-order valence-electron chi connectivity index (χ3n) is 8.47. The highest BCUT2D eigenvalue weighted by Crippen LogP contribution is 2.15. The van der Waals surface area contributed by atoms with Gasteiger partial charge in [0.1, 0.15) is 13.2 Å². The van der Waals surface area contributed by atoms with E-state index in [0.29, 0.717) is 19.3 Å². The van der Waals surface area contributed by atoms with Crippen molar-refractivity contribution in [2.24, 2.45) is 11.8 Å². The van der Waals surface area contributed by atoms with Crippen molar-refractivity contribution in [3.63, 3.8) is 0 Å². The fraction of sp³-hybridized carbons (Fsp3) is 0.923. The quantitative estimate of drug-likeness (QED) is 0.0404. The van der Waals surface area contributed by atoms with Crippen LogP contribution in [0.2, 0.25) is 0 Å². The SMILES string of the molecule is CCCCCCCCCCCC(=O)OC[C@@H](COC(=O)CCCCCCCCC(C)C)OC(=O)CCCCCCCCC(C)C. The van der Waals surface area contributed by atoms with E-state index in [0.717, 1.165) is 69.6 Å². The van der Waals surface area contributed by atoms with Crippen molar-refractivity contribution in [2.75, 3.05) is 13.2 Å². The Morgan fingerprint density at radius 2 is 0.733 bits per heavy atom. The number of rotatable bonds is 33. The van der Waals surface area contributed by atoms with Crippen LogP contribution in [0.25, 0.3) is 0 Å². The Morgan fingerprint density at radius 3 is 1.09 bits per heavy atom. The van der Waals surface area contributed by atoms with Gasteiger partial charge in [-0.15, -0.1) is 0 Å². The lowest BCUT2D eigenvalue weighted by atomic mass is 10.0. The van der Waals surface area contributed by atoms with Gasteiger partial charge in [0.15, 0.2) is 6.10 Å². The maximum atomic E-state index is 12.6. The first-order valence-electron chi connectivity index (χ1n) is 19.2. The predicted octanol–water partition coefficient (Wildman–Crippen LogP) is 11.5. The molecular formula is C39H74O6. The Morgan fingerprint density at radius 1 is 0.422 bits per heavy atom. The van der Waals surface area contributed by atoms with Gasteiger partial charge >= 0.3 is 17.9 Å². The van der Waals surface area contributed by atoms with Crippen molar-refractivity contribution < 1.29 is 28.6 Å². The van der Waals surface area contributed by atoms with Crippen LogP contribution in [0.5, 0.6) is 0 Å². The molecule has 0 aliphatic rings. The lowest BCUT2D eigenvalue weighted by Crippen LogP contribution is -2.30. The molecule has 266 valence electrons. The molecule has 0 unspecified atom stereocenters. The average molecular weight is 639 g/mol. The lowest BCUT2D eigenvalue weighted by molar-refractivity contribution is -0.167. The second-order valence-electron chi connectivity index (χ2n) is 14.2. The van der Waals surface area contributed by atoms with Crippen LogP contribution in [0, 0.1) is 11.8 Å². The van der Waals surface area contributed by atoms with Crippen LogP contribution in [0.3, 0.4) is 0 Å². The van der Waals surface area contributed by atoms with Gasteiger partial charge in [0.2, 0.25) is 0 Å². The standard InChI is InChI=1S/C39H74O6/c1-6-7-8-9-10-11-12-19-24-29-37(40)43-32-36(45-39(42)31-26-21-16-14-18-23-28-35(4)5)33-44-38(41)30-25-20-15-13-17-22-27-34(2)3/h34-36H,6-33H2,1-5H3/t36-/m0/s1. The highest BCUT2D eigenvalue weighted by atomic mass is 16.6. The van der Waals surface area contributed by atoms with E-state index < -0.39 is 6.10 Å². The molecule has 1 atom stereocenters. The largest absolute Gasteiger partial charge is 0.462 e. The summed E-state index contributed by atoms with van der Waals surface area (Å²) in [7, 11) is 0. The number of hydrogen-bond acceptors (Lipinski definition) is 6. The second kappa shape index (κ2) is 32.4. The molecule has 0 rings (SSSR count). The first kappa shape index (κ1) is 43.4. The van der Waals surface area contributed by atoms with Crippen LogP contribution >= 0.6 is 0 Å². The summed E-state index contributed by atoms with van der Waals surface area (Å²) in [5, 5.41) is 0. The molecule has 6 heteroatoms. The summed E-state index contributed by atoms with van der Waals surface area (Å²) in [6.45, 7) is 11.1. The summed E-state index contributed by atoms with van der Waals surface area (Å²) in [5.41, 5.74) is 0. The van der Waals surface area contributed by atoms with Crippen LogP contribution in [-0.2, 0) is 28.6 Å². The molecule has 0 N–H and O–H groups in total. The van der Waals surface area contributed by atoms with E-state index in [9.17, 15) is 14.4 Å². The Labute approximate surface area is 278 Å². The van der Waals surface area contributed by atoms with Gasteiger partial charge < -0.3 is 14.2 Å². The molecule has 0 aliphatic heterocycles. The van der Waals surface area contributed by atoms with Crippen LogP contribution in [0.1, 0.15) is 202 Å². The van der Waals surface area contributed by atoms with E-state index in [-0.39, 0.29) is 31.1 Å². The maximum Gasteiger partial charge on any atom is 0.306 e. The fourth-order valence-electron chi connectivity index (χ4n) is 5.52. The van der Waals surface area contributed by atoms with E-state index in [1.54, 1.807) is 0 Å². The van der Waals surface area contributed by atoms with Gasteiger partial charge in [0.05, 0.1) is 0 Å². The minimum Gasteiger partial charge on any atom is -0.462 e. The van der Waals surface area contributed by atoms with Gasteiger partial charge in [-0.05, 0) is 31.1 Å². The lowest BCUT2D eigenvalue weighted by Gasteiger charge is -2.18. The van der Waals surface area contributed by atoms with Crippen molar-refractivity contribution in [3.8, 4) is 0 Å². The predicted molar refractivity (Wildman–Crippen MR) is 187 cm³/mol. The number of ether oxygens (including phenoxy) is 3. The number of carbonyl (C=O) groups excluding carboxylic acids is 3. The average Bonchev–Trinajstić information content (AvgIpc) is 2.99. The van der Waals surface area contributed by atoms with E-state index in [1.165, 1.54) is 89.9 Å². The fourth-order valence-corrected chi connectivity index (χ4v) is 5.52. The molecule has 0 aromatic rings. The zero-order valence-electron chi connectivity index (χ0n) is 30.5. The molecule has 0 bridgehead atoms. The molecule has 6 nitrogen and oxygen atoms in total. The van der Waals surface area contributed by atoms with Gasteiger partial charge in [-0.3, -0.25) is 14.4 Å². The Bertz CT molecular complexity index is 689. The summed E-state index contributed by atoms with van der Waals surface area (Å²) in [6.07, 6.45) is 26.9. The highest BCUT2D eigenvalue weighted by Gasteiger charge is 2.19. The Balaban J connectivity index is 4.37. The molecule has 0 spiro atoms. The molecule has 0 aromatic carbocycles. The first-order valence-corrected chi connectivity index (χ1v) is 19.2. The number of hydrogen-bond donors (Lipinski definition) is 0. The number of unbranched alkanes of at least 4 members (excludes halogenated alkanes) is 18. The highest BCUT2D eigenvalue weighted by molar-refractivity contribution is 5.71. The second-order valence-corrected chi connectivity index (χ2v) is 14.2. The van der Waals surface area contributed by atoms with Gasteiger partial charge in [-0.2, -0.15) is 0 Å². The molecule has 45 heavy (non-hydrogen) atoms. The Hall–Kier alpha value is -1.59. The van der Waals surface area contributed by atoms with E-state index in [2.05, 4.69) is 34.6 Å². The molecule has 0 fully saturated rings. The Kier molecular flexibility index (Phi) is 31.2. The molecule has 0 amide bonds. The van der Waals surface area contributed by atoms with Crippen LogP contribution in [-0.4, -0.2) is 37.2 Å². The normalized spacial score (nSPS) is 12.1. The first-order chi connectivity index (χ1) is 21.7. The molecule has 0 heterocycles. The van der Waals surface area contributed by atoms with E-state index in [1.807, 2.05) is 0 Å². The summed E-state index contributed by atoms with van der Waals surface area (Å²) >= 11 is 0. The van der Waals surface area contributed by atoms with Gasteiger partial charge in [-0.25, -0.2) is 0 Å². The monoisotopic (exact) mass is 639 g/mol. The summed E-state index contributed by atoms with van der Waals surface area (Å²) in [4.78, 5) is 37.3. The molecule has 0 aromatic heterocycles. The van der Waals surface area contributed by atoms with Gasteiger partial charge in [0, 0.05) is 19.3 Å². The molecule has 0 aliphatic carbocycles. The van der Waals surface area contributed by atoms with Crippen LogP contribution in [0.4, 0.5) is 0 Å². The third-order valence-corrected chi connectivity index (χ3v) is 8.47. The van der Waals surface area contributed by atoms with Crippen molar-refractivity contribution in [2.45, 2.75) is 208 Å². The molecule has 0 saturated carbocycles. The molecule has 0 radical (unpaired) electrons. The van der Waals surface area contributed by atoms with E-state index >= 15 is 0 Å². The smallest absolute Gasteiger partial charge is 0.306 e. The maximum absolute atomic E-state index is 12.6. The molecular weight excluding hydrogens is 564 g/mol. The van der Waals surface area contributed by atoms with Crippen LogP contribution in [0.15, 0.2) is 0 Å². The van der Waals surface area contributed by atoms with Crippen molar-refractivity contribution in [1.29, 1.82) is 0 Å². The zero-order chi connectivity index (χ0) is 33.4. The van der Waals surface area contributed by atoms with E-state index in [4.69, 9.17) is 14.2 Å². The minimum atomic E-state index is -0.759. The van der Waals surface area contributed by atoms with Crippen molar-refractivity contribution >= 4 is 17.9 Å². The number of esters is 3. The number of carbonyl (C=O) groups is 3. The third kappa shape index (κ3) is 33.6. The summed E-state index contributed by atoms with van der Waals surface area (Å²) in [6, 6.07) is 0.